The lowest BCUT2D eigenvalue weighted by molar-refractivity contribution is -0.00177. The van der Waals surface area contributed by atoms with Crippen molar-refractivity contribution in [3.05, 3.63) is 53.8 Å². The molecule has 0 aliphatic rings. The number of imidazole rings is 1. The summed E-state index contributed by atoms with van der Waals surface area (Å²) in [5.74, 6) is -0.163. The van der Waals surface area contributed by atoms with Crippen molar-refractivity contribution in [2.24, 2.45) is 0 Å². The molecular weight excluding hydrogens is 489 g/mol. The van der Waals surface area contributed by atoms with Crippen LogP contribution in [-0.4, -0.2) is 58.6 Å². The van der Waals surface area contributed by atoms with Crippen LogP contribution >= 0.6 is 11.6 Å². The maximum Gasteiger partial charge on any atom is 0.255 e. The van der Waals surface area contributed by atoms with Crippen molar-refractivity contribution in [3.63, 3.8) is 0 Å². The van der Waals surface area contributed by atoms with E-state index < -0.39 is 17.7 Å². The Labute approximate surface area is 210 Å². The summed E-state index contributed by atoms with van der Waals surface area (Å²) in [4.78, 5) is 25.9. The van der Waals surface area contributed by atoms with Crippen LogP contribution < -0.4 is 10.6 Å². The molecule has 0 aliphatic carbocycles. The number of aryl methyl sites for hydroxylation is 1. The van der Waals surface area contributed by atoms with Crippen LogP contribution in [0.3, 0.4) is 0 Å². The number of hydrogen-bond acceptors (Lipinski definition) is 8. The summed E-state index contributed by atoms with van der Waals surface area (Å²) >= 11 is 6.01. The second-order valence-electron chi connectivity index (χ2n) is 8.56. The lowest BCUT2D eigenvalue weighted by Crippen LogP contribution is -2.42. The zero-order chi connectivity index (χ0) is 25.9. The number of amides is 1. The first-order valence-corrected chi connectivity index (χ1v) is 11.3. The van der Waals surface area contributed by atoms with Gasteiger partial charge in [0.1, 0.15) is 23.8 Å². The van der Waals surface area contributed by atoms with Crippen molar-refractivity contribution >= 4 is 40.0 Å². The van der Waals surface area contributed by atoms with E-state index in [2.05, 4.69) is 36.8 Å². The molecule has 0 spiro atoms. The minimum atomic E-state index is -1.67. The molecule has 4 rings (SSSR count). The molecule has 13 heteroatoms. The van der Waals surface area contributed by atoms with E-state index in [1.807, 2.05) is 0 Å². The fourth-order valence-electron chi connectivity index (χ4n) is 3.30. The van der Waals surface area contributed by atoms with E-state index >= 15 is 0 Å². The van der Waals surface area contributed by atoms with E-state index in [1.165, 1.54) is 32.6 Å². The van der Waals surface area contributed by atoms with Gasteiger partial charge in [0.05, 0.1) is 59.3 Å². The number of nitrogens with one attached hydrogen (secondary N) is 2. The SMILES string of the molecule is CC(C)(O)[C@H](F)CNC(=O)c1cnc(-n2cnc3cc(Cl)cnc32)cc1Nc1cnn(CCC#N)c1. The Kier molecular flexibility index (Phi) is 7.14. The van der Waals surface area contributed by atoms with Crippen molar-refractivity contribution in [2.75, 3.05) is 11.9 Å². The predicted octanol–water partition coefficient (Wildman–Crippen LogP) is 3.16. The summed E-state index contributed by atoms with van der Waals surface area (Å²) in [5, 5.41) is 28.9. The molecule has 0 aliphatic heterocycles. The first kappa shape index (κ1) is 25.0. The van der Waals surface area contributed by atoms with Gasteiger partial charge in [-0.2, -0.15) is 10.4 Å². The van der Waals surface area contributed by atoms with Gasteiger partial charge in [0, 0.05) is 24.7 Å². The molecule has 0 fully saturated rings. The van der Waals surface area contributed by atoms with E-state index in [0.29, 0.717) is 46.3 Å². The van der Waals surface area contributed by atoms with Gasteiger partial charge >= 0.3 is 0 Å². The number of halogens is 2. The third-order valence-corrected chi connectivity index (χ3v) is 5.52. The molecule has 1 atom stereocenters. The lowest BCUT2D eigenvalue weighted by Gasteiger charge is -2.22. The fourth-order valence-corrected chi connectivity index (χ4v) is 3.45. The first-order valence-electron chi connectivity index (χ1n) is 11.0. The molecule has 0 unspecified atom stereocenters. The molecule has 0 aromatic carbocycles. The Morgan fingerprint density at radius 1 is 1.28 bits per heavy atom. The molecule has 3 N–H and O–H groups in total. The van der Waals surface area contributed by atoms with Crippen LogP contribution in [0.1, 0.15) is 30.6 Å². The number of anilines is 2. The number of alkyl halides is 1. The van der Waals surface area contributed by atoms with E-state index in [4.69, 9.17) is 16.9 Å². The van der Waals surface area contributed by atoms with E-state index in [1.54, 1.807) is 33.8 Å². The minimum absolute atomic E-state index is 0.145. The van der Waals surface area contributed by atoms with Crippen LogP contribution in [0, 0.1) is 11.3 Å². The van der Waals surface area contributed by atoms with Crippen LogP contribution in [0.5, 0.6) is 0 Å². The van der Waals surface area contributed by atoms with Crippen molar-refractivity contribution < 1.29 is 14.3 Å². The molecule has 0 saturated heterocycles. The first-order chi connectivity index (χ1) is 17.2. The highest BCUT2D eigenvalue weighted by molar-refractivity contribution is 6.31. The maximum atomic E-state index is 14.2. The smallest absolute Gasteiger partial charge is 0.255 e. The highest BCUT2D eigenvalue weighted by Crippen LogP contribution is 2.25. The average molecular weight is 512 g/mol. The standard InChI is InChI=1S/C23H23ClFN9O2/c1-23(2,36)19(25)11-29-22(35)16-10-27-20(34-13-30-18-6-14(24)8-28-21(18)34)7-17(16)32-15-9-31-33(12-15)5-3-4-26/h6-10,12-13,19,36H,3,5,11H2,1-2H3,(H,27,32)(H,29,35)/t19-/m1/s1. The Bertz CT molecular complexity index is 1440. The van der Waals surface area contributed by atoms with Crippen LogP contribution in [0.2, 0.25) is 5.02 Å². The number of pyridine rings is 2. The number of fused-ring (bicyclic) bond motifs is 1. The van der Waals surface area contributed by atoms with Crippen molar-refractivity contribution in [2.45, 2.75) is 38.6 Å². The predicted molar refractivity (Wildman–Crippen MR) is 131 cm³/mol. The molecule has 186 valence electrons. The van der Waals surface area contributed by atoms with Gasteiger partial charge in [0.25, 0.3) is 5.91 Å². The Balaban J connectivity index is 1.67. The van der Waals surface area contributed by atoms with Gasteiger partial charge in [0.15, 0.2) is 5.65 Å². The van der Waals surface area contributed by atoms with E-state index in [9.17, 15) is 14.3 Å². The minimum Gasteiger partial charge on any atom is -0.387 e. The van der Waals surface area contributed by atoms with Crippen LogP contribution in [0.4, 0.5) is 15.8 Å². The van der Waals surface area contributed by atoms with Crippen LogP contribution in [0.25, 0.3) is 17.0 Å². The molecule has 0 saturated carbocycles. The molecule has 1 amide bonds. The molecule has 4 aromatic rings. The zero-order valence-corrected chi connectivity index (χ0v) is 20.2. The van der Waals surface area contributed by atoms with Crippen molar-refractivity contribution in [3.8, 4) is 11.9 Å². The third kappa shape index (κ3) is 5.59. The van der Waals surface area contributed by atoms with E-state index in [0.717, 1.165) is 0 Å². The number of carbonyl (C=O) groups is 1. The summed E-state index contributed by atoms with van der Waals surface area (Å²) in [5.41, 5.74) is 0.565. The van der Waals surface area contributed by atoms with Gasteiger partial charge < -0.3 is 15.7 Å². The molecular formula is C23H23ClFN9O2. The molecule has 4 aromatic heterocycles. The van der Waals surface area contributed by atoms with Crippen molar-refractivity contribution in [1.29, 1.82) is 5.26 Å². The van der Waals surface area contributed by atoms with Gasteiger partial charge in [-0.15, -0.1) is 0 Å². The molecule has 11 nitrogen and oxygen atoms in total. The number of aromatic nitrogens is 6. The topological polar surface area (TPSA) is 147 Å². The number of nitriles is 1. The molecule has 36 heavy (non-hydrogen) atoms. The van der Waals surface area contributed by atoms with Gasteiger partial charge in [-0.25, -0.2) is 19.3 Å². The van der Waals surface area contributed by atoms with Crippen LogP contribution in [0.15, 0.2) is 43.2 Å². The lowest BCUT2D eigenvalue weighted by atomic mass is 10.0. The Hall–Kier alpha value is -4.08. The summed E-state index contributed by atoms with van der Waals surface area (Å²) in [7, 11) is 0. The normalized spacial score (nSPS) is 12.3. The number of rotatable bonds is 9. The highest BCUT2D eigenvalue weighted by atomic mass is 35.5. The zero-order valence-electron chi connectivity index (χ0n) is 19.5. The number of carbonyl (C=O) groups excluding carboxylic acids is 1. The van der Waals surface area contributed by atoms with Crippen LogP contribution in [-0.2, 0) is 6.54 Å². The van der Waals surface area contributed by atoms with E-state index in [-0.39, 0.29) is 12.1 Å². The van der Waals surface area contributed by atoms with Gasteiger partial charge in [-0.05, 0) is 19.9 Å². The monoisotopic (exact) mass is 511 g/mol. The van der Waals surface area contributed by atoms with Gasteiger partial charge in [0.2, 0.25) is 0 Å². The number of hydrogen-bond donors (Lipinski definition) is 3. The maximum absolute atomic E-state index is 14.2. The number of aliphatic hydroxyl groups is 1. The molecule has 0 radical (unpaired) electrons. The Morgan fingerprint density at radius 2 is 2.08 bits per heavy atom. The fraction of sp³-hybridized carbons (Fsp3) is 0.304. The average Bonchev–Trinajstić information content (AvgIpc) is 3.46. The highest BCUT2D eigenvalue weighted by Gasteiger charge is 2.27. The second kappa shape index (κ2) is 10.3. The summed E-state index contributed by atoms with van der Waals surface area (Å²) < 4.78 is 17.4. The summed E-state index contributed by atoms with van der Waals surface area (Å²) in [6.45, 7) is 2.69. The van der Waals surface area contributed by atoms with Gasteiger partial charge in [-0.1, -0.05) is 11.6 Å². The quantitative estimate of drug-likeness (QED) is 0.310. The summed E-state index contributed by atoms with van der Waals surface area (Å²) in [6, 6.07) is 5.36. The Morgan fingerprint density at radius 3 is 2.83 bits per heavy atom. The van der Waals surface area contributed by atoms with Gasteiger partial charge in [-0.3, -0.25) is 14.0 Å². The van der Waals surface area contributed by atoms with Crippen molar-refractivity contribution in [1.82, 2.24) is 34.6 Å². The molecule has 4 heterocycles. The number of nitrogens with zero attached hydrogens (tertiary/aromatic N) is 7. The summed E-state index contributed by atoms with van der Waals surface area (Å²) in [6.07, 6.45) is 6.27. The second-order valence-corrected chi connectivity index (χ2v) is 8.99. The molecule has 0 bridgehead atoms. The largest absolute Gasteiger partial charge is 0.387 e. The third-order valence-electron chi connectivity index (χ3n) is 5.31.